The lowest BCUT2D eigenvalue weighted by Crippen LogP contribution is -2.30. The largest absolute Gasteiger partial charge is 0.329 e. The van der Waals surface area contributed by atoms with Gasteiger partial charge in [-0.15, -0.1) is 11.3 Å². The summed E-state index contributed by atoms with van der Waals surface area (Å²) in [5.74, 6) is -0.168. The first kappa shape index (κ1) is 24.0. The van der Waals surface area contributed by atoms with Crippen LogP contribution in [-0.4, -0.2) is 15.8 Å². The molecule has 0 saturated carbocycles. The van der Waals surface area contributed by atoms with Gasteiger partial charge >= 0.3 is 0 Å². The predicted octanol–water partition coefficient (Wildman–Crippen LogP) is 7.98. The van der Waals surface area contributed by atoms with Crippen molar-refractivity contribution < 1.29 is 4.79 Å². The van der Waals surface area contributed by atoms with E-state index in [0.29, 0.717) is 34.3 Å². The van der Waals surface area contributed by atoms with Gasteiger partial charge in [0.15, 0.2) is 0 Å². The Labute approximate surface area is 223 Å². The molecule has 0 atom stereocenters. The van der Waals surface area contributed by atoms with Gasteiger partial charge in [-0.3, -0.25) is 9.78 Å². The molecule has 4 nitrogen and oxygen atoms in total. The van der Waals surface area contributed by atoms with Crippen molar-refractivity contribution in [1.29, 1.82) is 5.26 Å². The normalized spacial score (nSPS) is 10.8. The summed E-state index contributed by atoms with van der Waals surface area (Å²) in [6, 6.07) is 27.1. The lowest BCUT2D eigenvalue weighted by atomic mass is 9.93. The van der Waals surface area contributed by atoms with Crippen molar-refractivity contribution in [2.24, 2.45) is 0 Å². The maximum absolute atomic E-state index is 13.5. The molecule has 0 aliphatic rings. The van der Waals surface area contributed by atoms with Crippen molar-refractivity contribution in [2.45, 2.75) is 13.1 Å². The van der Waals surface area contributed by atoms with Crippen LogP contribution >= 0.6 is 34.5 Å². The standard InChI is InChI=1S/C29H19Cl2N3OS/c30-27-11-10-21(13-28(27)31)29(35)34(17-23-15-33-18-36-23)16-19-8-9-22(14-32)26(12-19)25-7-3-5-20-4-1-2-6-24(20)25/h1-13,15,18H,16-17H2. The fourth-order valence-electron chi connectivity index (χ4n) is 4.21. The number of nitrogens with zero attached hydrogens (tertiary/aromatic N) is 3. The van der Waals surface area contributed by atoms with Gasteiger partial charge in [-0.2, -0.15) is 5.26 Å². The third-order valence-corrected chi connectivity index (χ3v) is 7.45. The second-order valence-corrected chi connectivity index (χ2v) is 10.1. The van der Waals surface area contributed by atoms with Gasteiger partial charge in [0.25, 0.3) is 5.91 Å². The number of thiazole rings is 1. The number of carbonyl (C=O) groups is 1. The smallest absolute Gasteiger partial charge is 0.254 e. The van der Waals surface area contributed by atoms with Crippen LogP contribution in [0.2, 0.25) is 10.0 Å². The molecular weight excluding hydrogens is 509 g/mol. The molecule has 0 unspecified atom stereocenters. The van der Waals surface area contributed by atoms with Crippen molar-refractivity contribution in [3.05, 3.63) is 122 Å². The molecule has 0 radical (unpaired) electrons. The second-order valence-electron chi connectivity index (χ2n) is 8.28. The molecule has 0 saturated heterocycles. The maximum atomic E-state index is 13.5. The summed E-state index contributed by atoms with van der Waals surface area (Å²) in [4.78, 5) is 20.4. The zero-order valence-electron chi connectivity index (χ0n) is 19.0. The van der Waals surface area contributed by atoms with Crippen molar-refractivity contribution in [1.82, 2.24) is 9.88 Å². The molecule has 1 heterocycles. The highest BCUT2D eigenvalue weighted by Gasteiger charge is 2.20. The van der Waals surface area contributed by atoms with E-state index in [4.69, 9.17) is 23.2 Å². The van der Waals surface area contributed by atoms with Crippen LogP contribution < -0.4 is 0 Å². The van der Waals surface area contributed by atoms with E-state index < -0.39 is 0 Å². The second kappa shape index (κ2) is 10.5. The van der Waals surface area contributed by atoms with E-state index in [-0.39, 0.29) is 5.91 Å². The SMILES string of the molecule is N#Cc1ccc(CN(Cc2cncs2)C(=O)c2ccc(Cl)c(Cl)c2)cc1-c1cccc2ccccc12. The number of fused-ring (bicyclic) bond motifs is 1. The minimum atomic E-state index is -0.168. The highest BCUT2D eigenvalue weighted by atomic mass is 35.5. The first-order valence-corrected chi connectivity index (χ1v) is 12.8. The monoisotopic (exact) mass is 527 g/mol. The van der Waals surface area contributed by atoms with E-state index in [2.05, 4.69) is 29.3 Å². The average molecular weight is 528 g/mol. The molecule has 0 N–H and O–H groups in total. The number of halogens is 2. The summed E-state index contributed by atoms with van der Waals surface area (Å²) in [5.41, 5.74) is 5.52. The van der Waals surface area contributed by atoms with Crippen LogP contribution in [0.4, 0.5) is 0 Å². The molecule has 36 heavy (non-hydrogen) atoms. The Kier molecular flexibility index (Phi) is 7.02. The Balaban J connectivity index is 1.54. The molecule has 0 aliphatic carbocycles. The zero-order chi connectivity index (χ0) is 25.1. The van der Waals surface area contributed by atoms with Gasteiger partial charge in [-0.1, -0.05) is 71.7 Å². The number of hydrogen-bond acceptors (Lipinski definition) is 4. The lowest BCUT2D eigenvalue weighted by molar-refractivity contribution is 0.0731. The van der Waals surface area contributed by atoms with Crippen LogP contribution in [0.1, 0.15) is 26.4 Å². The molecule has 176 valence electrons. The van der Waals surface area contributed by atoms with Crippen LogP contribution in [0, 0.1) is 11.3 Å². The molecule has 5 aromatic rings. The van der Waals surface area contributed by atoms with Crippen LogP contribution in [0.3, 0.4) is 0 Å². The molecule has 0 spiro atoms. The van der Waals surface area contributed by atoms with Gasteiger partial charge in [-0.25, -0.2) is 0 Å². The first-order chi connectivity index (χ1) is 17.5. The van der Waals surface area contributed by atoms with Gasteiger partial charge in [0, 0.05) is 28.7 Å². The number of nitriles is 1. The van der Waals surface area contributed by atoms with Gasteiger partial charge in [-0.05, 0) is 52.2 Å². The lowest BCUT2D eigenvalue weighted by Gasteiger charge is -2.23. The van der Waals surface area contributed by atoms with Crippen molar-refractivity contribution in [3.8, 4) is 17.2 Å². The van der Waals surface area contributed by atoms with Gasteiger partial charge in [0.1, 0.15) is 0 Å². The summed E-state index contributed by atoms with van der Waals surface area (Å²) >= 11 is 13.8. The molecule has 0 fully saturated rings. The Bertz CT molecular complexity index is 1600. The van der Waals surface area contributed by atoms with Crippen LogP contribution in [-0.2, 0) is 13.1 Å². The van der Waals surface area contributed by atoms with Gasteiger partial charge < -0.3 is 4.90 Å². The number of amides is 1. The van der Waals surface area contributed by atoms with Gasteiger partial charge in [0.05, 0.1) is 33.7 Å². The fraction of sp³-hybridized carbons (Fsp3) is 0.0690. The Morgan fingerprint density at radius 2 is 1.75 bits per heavy atom. The number of aromatic nitrogens is 1. The Morgan fingerprint density at radius 1 is 0.917 bits per heavy atom. The Hall–Kier alpha value is -3.69. The summed E-state index contributed by atoms with van der Waals surface area (Å²) < 4.78 is 0. The highest BCUT2D eigenvalue weighted by Crippen LogP contribution is 2.32. The zero-order valence-corrected chi connectivity index (χ0v) is 21.3. The van der Waals surface area contributed by atoms with E-state index in [9.17, 15) is 10.1 Å². The number of rotatable bonds is 6. The third kappa shape index (κ3) is 4.98. The minimum absolute atomic E-state index is 0.168. The highest BCUT2D eigenvalue weighted by molar-refractivity contribution is 7.09. The van der Waals surface area contributed by atoms with Crippen LogP contribution in [0.5, 0.6) is 0 Å². The molecule has 7 heteroatoms. The maximum Gasteiger partial charge on any atom is 0.254 e. The summed E-state index contributed by atoms with van der Waals surface area (Å²) in [7, 11) is 0. The topological polar surface area (TPSA) is 57.0 Å². The predicted molar refractivity (Wildman–Crippen MR) is 146 cm³/mol. The quantitative estimate of drug-likeness (QED) is 0.225. The van der Waals surface area contributed by atoms with Crippen LogP contribution in [0.15, 0.2) is 90.6 Å². The molecule has 0 bridgehead atoms. The number of carbonyl (C=O) groups excluding carboxylic acids is 1. The van der Waals surface area contributed by atoms with E-state index in [1.54, 1.807) is 34.8 Å². The number of benzene rings is 4. The van der Waals surface area contributed by atoms with Gasteiger partial charge in [0.2, 0.25) is 0 Å². The van der Waals surface area contributed by atoms with Crippen molar-refractivity contribution in [2.75, 3.05) is 0 Å². The number of hydrogen-bond donors (Lipinski definition) is 0. The van der Waals surface area contributed by atoms with Crippen molar-refractivity contribution >= 4 is 51.2 Å². The Morgan fingerprint density at radius 3 is 2.53 bits per heavy atom. The first-order valence-electron chi connectivity index (χ1n) is 11.2. The molecular formula is C29H19Cl2N3OS. The minimum Gasteiger partial charge on any atom is -0.329 e. The molecule has 1 amide bonds. The molecule has 4 aromatic carbocycles. The van der Waals surface area contributed by atoms with E-state index in [1.807, 2.05) is 42.5 Å². The third-order valence-electron chi connectivity index (χ3n) is 5.94. The van der Waals surface area contributed by atoms with E-state index in [0.717, 1.165) is 32.3 Å². The molecule has 1 aromatic heterocycles. The summed E-state index contributed by atoms with van der Waals surface area (Å²) in [6.07, 6.45) is 1.76. The van der Waals surface area contributed by atoms with E-state index >= 15 is 0 Å². The molecule has 0 aliphatic heterocycles. The molecule has 5 rings (SSSR count). The van der Waals surface area contributed by atoms with Crippen LogP contribution in [0.25, 0.3) is 21.9 Å². The summed E-state index contributed by atoms with van der Waals surface area (Å²) in [5, 5.41) is 12.7. The summed E-state index contributed by atoms with van der Waals surface area (Å²) in [6.45, 7) is 0.744. The fourth-order valence-corrected chi connectivity index (χ4v) is 5.12. The average Bonchev–Trinajstić information content (AvgIpc) is 3.42. The van der Waals surface area contributed by atoms with Crippen molar-refractivity contribution in [3.63, 3.8) is 0 Å². The van der Waals surface area contributed by atoms with E-state index in [1.165, 1.54) is 11.3 Å².